The molecule has 2 N–H and O–H groups in total. The van der Waals surface area contributed by atoms with Gasteiger partial charge in [0.05, 0.1) is 0 Å². The van der Waals surface area contributed by atoms with Gasteiger partial charge in [0.2, 0.25) is 0 Å². The van der Waals surface area contributed by atoms with Gasteiger partial charge in [-0.05, 0) is 55.4 Å². The van der Waals surface area contributed by atoms with Crippen molar-refractivity contribution in [3.05, 3.63) is 29.3 Å². The Labute approximate surface area is 149 Å². The summed E-state index contributed by atoms with van der Waals surface area (Å²) in [7, 11) is 0. The summed E-state index contributed by atoms with van der Waals surface area (Å²) >= 11 is 0. The molecule has 0 saturated carbocycles. The van der Waals surface area contributed by atoms with Crippen molar-refractivity contribution in [3.8, 4) is 5.75 Å². The topological polar surface area (TPSA) is 78.9 Å². The summed E-state index contributed by atoms with van der Waals surface area (Å²) in [5.41, 5.74) is 1.43. The second kappa shape index (κ2) is 8.85. The summed E-state index contributed by atoms with van der Waals surface area (Å²) in [6.07, 6.45) is 1.55. The summed E-state index contributed by atoms with van der Waals surface area (Å²) in [5, 5.41) is 13.1. The van der Waals surface area contributed by atoms with Gasteiger partial charge in [-0.2, -0.15) is 0 Å². The highest BCUT2D eigenvalue weighted by molar-refractivity contribution is 5.94. The summed E-state index contributed by atoms with van der Waals surface area (Å²) in [4.78, 5) is 24.9. The number of piperidine rings is 1. The van der Waals surface area contributed by atoms with Crippen LogP contribution >= 0.6 is 0 Å². The molecule has 2 rings (SSSR count). The lowest BCUT2D eigenvalue weighted by molar-refractivity contribution is -0.134. The zero-order valence-electron chi connectivity index (χ0n) is 15.2. The van der Waals surface area contributed by atoms with E-state index in [2.05, 4.69) is 5.32 Å². The van der Waals surface area contributed by atoms with Crippen molar-refractivity contribution < 1.29 is 19.4 Å². The average molecular weight is 348 g/mol. The Morgan fingerprint density at radius 1 is 1.36 bits per heavy atom. The fraction of sp³-hybridized carbons (Fsp3) is 0.579. The number of hydrogen-bond donors (Lipinski definition) is 2. The molecule has 1 aromatic rings. The zero-order valence-corrected chi connectivity index (χ0v) is 15.2. The fourth-order valence-corrected chi connectivity index (χ4v) is 3.14. The number of nitrogens with one attached hydrogen (secondary N) is 1. The third-order valence-electron chi connectivity index (χ3n) is 4.75. The highest BCUT2D eigenvalue weighted by Crippen LogP contribution is 2.27. The van der Waals surface area contributed by atoms with Crippen molar-refractivity contribution in [2.75, 3.05) is 19.6 Å². The predicted molar refractivity (Wildman–Crippen MR) is 95.4 cm³/mol. The van der Waals surface area contributed by atoms with Crippen molar-refractivity contribution in [1.29, 1.82) is 0 Å². The molecule has 0 spiro atoms. The van der Waals surface area contributed by atoms with Gasteiger partial charge in [-0.3, -0.25) is 14.9 Å². The maximum absolute atomic E-state index is 12.7. The van der Waals surface area contributed by atoms with E-state index < -0.39 is 0 Å². The number of carbonyl (C=O) groups excluding carboxylic acids is 2. The van der Waals surface area contributed by atoms with Gasteiger partial charge in [0, 0.05) is 25.2 Å². The van der Waals surface area contributed by atoms with Gasteiger partial charge >= 0.3 is 0 Å². The van der Waals surface area contributed by atoms with E-state index >= 15 is 0 Å². The molecule has 1 amide bonds. The molecule has 0 aliphatic carbocycles. The van der Waals surface area contributed by atoms with Gasteiger partial charge in [0.15, 0.2) is 0 Å². The fourth-order valence-electron chi connectivity index (χ4n) is 3.14. The summed E-state index contributed by atoms with van der Waals surface area (Å²) < 4.78 is 4.81. The van der Waals surface area contributed by atoms with Crippen molar-refractivity contribution in [2.24, 2.45) is 5.92 Å². The monoisotopic (exact) mass is 348 g/mol. The molecule has 0 radical (unpaired) electrons. The molecule has 1 atom stereocenters. The van der Waals surface area contributed by atoms with Crippen LogP contribution in [0, 0.1) is 5.92 Å². The van der Waals surface area contributed by atoms with Gasteiger partial charge in [-0.15, -0.1) is 0 Å². The Morgan fingerprint density at radius 3 is 2.64 bits per heavy atom. The highest BCUT2D eigenvalue weighted by atomic mass is 16.5. The number of amides is 1. The maximum Gasteiger partial charge on any atom is 0.294 e. The standard InChI is InChI=1S/C19H28N2O4/c1-13(2)17-10-16(4-5-18(17)23)19(24)21-8-6-15(7-9-21)11-20-14(3)25-12-22/h4-5,10,12-15,20,23H,6-9,11H2,1-3H3. The number of benzene rings is 1. The van der Waals surface area contributed by atoms with Crippen LogP contribution in [0.25, 0.3) is 0 Å². The van der Waals surface area contributed by atoms with Crippen molar-refractivity contribution >= 4 is 12.4 Å². The number of phenolic OH excluding ortho intramolecular Hbond substituents is 1. The summed E-state index contributed by atoms with van der Waals surface area (Å²) in [5.74, 6) is 0.891. The first-order valence-corrected chi connectivity index (χ1v) is 8.87. The molecule has 6 nitrogen and oxygen atoms in total. The second-order valence-corrected chi connectivity index (χ2v) is 6.95. The highest BCUT2D eigenvalue weighted by Gasteiger charge is 2.24. The number of hydrogen-bond acceptors (Lipinski definition) is 5. The normalized spacial score (nSPS) is 16.7. The molecular weight excluding hydrogens is 320 g/mol. The average Bonchev–Trinajstić information content (AvgIpc) is 2.60. The first kappa shape index (κ1) is 19.2. The molecule has 1 aliphatic rings. The van der Waals surface area contributed by atoms with Crippen LogP contribution in [0.2, 0.25) is 0 Å². The van der Waals surface area contributed by atoms with Crippen LogP contribution in [0.3, 0.4) is 0 Å². The van der Waals surface area contributed by atoms with Gasteiger partial charge in [0.25, 0.3) is 12.4 Å². The van der Waals surface area contributed by atoms with Gasteiger partial charge < -0.3 is 14.7 Å². The Morgan fingerprint density at radius 2 is 2.04 bits per heavy atom. The second-order valence-electron chi connectivity index (χ2n) is 6.95. The molecule has 1 aromatic carbocycles. The van der Waals surface area contributed by atoms with Crippen molar-refractivity contribution in [2.45, 2.75) is 45.8 Å². The SMILES string of the molecule is CC(NCC1CCN(C(=O)c2ccc(O)c(C(C)C)c2)CC1)OC=O. The molecule has 6 heteroatoms. The van der Waals surface area contributed by atoms with Crippen LogP contribution in [0.1, 0.15) is 55.5 Å². The Balaban J connectivity index is 1.89. The zero-order chi connectivity index (χ0) is 18.4. The van der Waals surface area contributed by atoms with Crippen LogP contribution in [0.5, 0.6) is 5.75 Å². The van der Waals surface area contributed by atoms with Gasteiger partial charge in [-0.1, -0.05) is 13.8 Å². The predicted octanol–water partition coefficient (Wildman–Crippen LogP) is 2.48. The lowest BCUT2D eigenvalue weighted by Crippen LogP contribution is -2.42. The molecule has 1 aliphatic heterocycles. The quantitative estimate of drug-likeness (QED) is 0.585. The van der Waals surface area contributed by atoms with Gasteiger partial charge in [-0.25, -0.2) is 0 Å². The third-order valence-corrected chi connectivity index (χ3v) is 4.75. The number of phenols is 1. The van der Waals surface area contributed by atoms with Crippen LogP contribution in [0.15, 0.2) is 18.2 Å². The molecule has 1 fully saturated rings. The lowest BCUT2D eigenvalue weighted by atomic mass is 9.95. The number of likely N-dealkylation sites (tertiary alicyclic amines) is 1. The van der Waals surface area contributed by atoms with E-state index in [9.17, 15) is 14.7 Å². The Hall–Kier alpha value is -2.08. The van der Waals surface area contributed by atoms with Crippen molar-refractivity contribution in [1.82, 2.24) is 10.2 Å². The van der Waals surface area contributed by atoms with E-state index in [-0.39, 0.29) is 23.8 Å². The first-order valence-electron chi connectivity index (χ1n) is 8.87. The van der Waals surface area contributed by atoms with Crippen LogP contribution in [0.4, 0.5) is 0 Å². The number of aromatic hydroxyl groups is 1. The number of nitrogens with zero attached hydrogens (tertiary/aromatic N) is 1. The molecular formula is C19H28N2O4. The third kappa shape index (κ3) is 5.19. The van der Waals surface area contributed by atoms with Crippen molar-refractivity contribution in [3.63, 3.8) is 0 Å². The summed E-state index contributed by atoms with van der Waals surface area (Å²) in [6.45, 7) is 8.44. The van der Waals surface area contributed by atoms with E-state index in [0.29, 0.717) is 31.0 Å². The van der Waals surface area contributed by atoms with Crippen LogP contribution in [-0.2, 0) is 9.53 Å². The molecule has 25 heavy (non-hydrogen) atoms. The molecule has 0 aromatic heterocycles. The first-order chi connectivity index (χ1) is 11.9. The molecule has 138 valence electrons. The number of rotatable bonds is 7. The van der Waals surface area contributed by atoms with E-state index in [1.54, 1.807) is 25.1 Å². The Bertz CT molecular complexity index is 595. The van der Waals surface area contributed by atoms with E-state index in [1.807, 2.05) is 18.7 Å². The molecule has 0 bridgehead atoms. The Kier molecular flexibility index (Phi) is 6.82. The van der Waals surface area contributed by atoms with Crippen LogP contribution in [-0.4, -0.2) is 48.2 Å². The van der Waals surface area contributed by atoms with E-state index in [4.69, 9.17) is 4.74 Å². The largest absolute Gasteiger partial charge is 0.508 e. The minimum Gasteiger partial charge on any atom is -0.508 e. The minimum atomic E-state index is -0.288. The maximum atomic E-state index is 12.7. The number of carbonyl (C=O) groups is 2. The van der Waals surface area contributed by atoms with E-state index in [1.165, 1.54) is 0 Å². The lowest BCUT2D eigenvalue weighted by Gasteiger charge is -2.32. The molecule has 1 heterocycles. The number of ether oxygens (including phenoxy) is 1. The molecule has 1 saturated heterocycles. The summed E-state index contributed by atoms with van der Waals surface area (Å²) in [6, 6.07) is 5.09. The van der Waals surface area contributed by atoms with Gasteiger partial charge in [0.1, 0.15) is 12.0 Å². The van der Waals surface area contributed by atoms with Crippen LogP contribution < -0.4 is 5.32 Å². The smallest absolute Gasteiger partial charge is 0.294 e. The molecule has 1 unspecified atom stereocenters. The van der Waals surface area contributed by atoms with E-state index in [0.717, 1.165) is 24.9 Å². The minimum absolute atomic E-state index is 0.0194.